The van der Waals surface area contributed by atoms with Gasteiger partial charge in [-0.15, -0.1) is 0 Å². The zero-order chi connectivity index (χ0) is 14.1. The van der Waals surface area contributed by atoms with Crippen LogP contribution in [0.3, 0.4) is 0 Å². The number of hydrogen-bond donors (Lipinski definition) is 2. The molecule has 2 amide bonds. The van der Waals surface area contributed by atoms with Gasteiger partial charge in [0, 0.05) is 28.3 Å². The molecule has 0 aliphatic carbocycles. The molecule has 2 bridgehead atoms. The molecule has 5 heteroatoms. The van der Waals surface area contributed by atoms with Crippen LogP contribution in [0, 0.1) is 0 Å². The van der Waals surface area contributed by atoms with E-state index in [1.165, 1.54) is 12.8 Å². The molecule has 2 saturated heterocycles. The topological polar surface area (TPSA) is 44.4 Å². The molecule has 3 rings (SSSR count). The Morgan fingerprint density at radius 1 is 1.20 bits per heavy atom. The fraction of sp³-hybridized carbons (Fsp3) is 0.533. The fourth-order valence-electron chi connectivity index (χ4n) is 3.42. The quantitative estimate of drug-likeness (QED) is 0.870. The van der Waals surface area contributed by atoms with Gasteiger partial charge in [0.2, 0.25) is 0 Å². The number of amides is 2. The van der Waals surface area contributed by atoms with Gasteiger partial charge in [-0.2, -0.15) is 0 Å². The first kappa shape index (κ1) is 13.9. The normalized spacial score (nSPS) is 29.2. The summed E-state index contributed by atoms with van der Waals surface area (Å²) in [7, 11) is 2.21. The number of nitrogens with zero attached hydrogens (tertiary/aromatic N) is 1. The first-order chi connectivity index (χ1) is 9.61. The number of fused-ring (bicyclic) bond motifs is 2. The van der Waals surface area contributed by atoms with Crippen molar-refractivity contribution in [3.63, 3.8) is 0 Å². The van der Waals surface area contributed by atoms with Crippen LogP contribution in [0.4, 0.5) is 10.5 Å². The number of piperidine rings is 1. The van der Waals surface area contributed by atoms with Crippen molar-refractivity contribution in [2.75, 3.05) is 12.4 Å². The van der Waals surface area contributed by atoms with Gasteiger partial charge < -0.3 is 15.5 Å². The molecule has 2 aliphatic heterocycles. The van der Waals surface area contributed by atoms with E-state index in [1.54, 1.807) is 0 Å². The zero-order valence-electron chi connectivity index (χ0n) is 11.6. The predicted octanol–water partition coefficient (Wildman–Crippen LogP) is 3.20. The third kappa shape index (κ3) is 2.99. The van der Waals surface area contributed by atoms with E-state index in [9.17, 15) is 4.79 Å². The van der Waals surface area contributed by atoms with Crippen LogP contribution in [0.2, 0.25) is 0 Å². The molecule has 2 N–H and O–H groups in total. The summed E-state index contributed by atoms with van der Waals surface area (Å²) in [5, 5.41) is 6.01. The smallest absolute Gasteiger partial charge is 0.319 e. The standard InChI is InChI=1S/C15H20BrN3O/c1-19-13-6-7-14(19)9-12(8-13)18-15(20)17-11-4-2-10(16)3-5-11/h2-5,12-14H,6-9H2,1H3,(H2,17,18,20)/t13-,14-/m0/s1. The molecule has 20 heavy (non-hydrogen) atoms. The second-order valence-corrected chi connectivity index (χ2v) is 6.74. The molecule has 2 fully saturated rings. The van der Waals surface area contributed by atoms with Crippen LogP contribution in [0.1, 0.15) is 25.7 Å². The van der Waals surface area contributed by atoms with Gasteiger partial charge in [-0.25, -0.2) is 4.79 Å². The van der Waals surface area contributed by atoms with Crippen LogP contribution >= 0.6 is 15.9 Å². The van der Waals surface area contributed by atoms with E-state index in [2.05, 4.69) is 38.5 Å². The summed E-state index contributed by atoms with van der Waals surface area (Å²) in [5.74, 6) is 0. The maximum Gasteiger partial charge on any atom is 0.319 e. The molecule has 2 atom stereocenters. The van der Waals surface area contributed by atoms with Crippen molar-refractivity contribution >= 4 is 27.6 Å². The van der Waals surface area contributed by atoms with Gasteiger partial charge in [-0.05, 0) is 57.0 Å². The molecule has 1 aromatic rings. The summed E-state index contributed by atoms with van der Waals surface area (Å²) in [5.41, 5.74) is 0.821. The molecular formula is C15H20BrN3O. The van der Waals surface area contributed by atoms with Crippen LogP contribution in [0.25, 0.3) is 0 Å². The second-order valence-electron chi connectivity index (χ2n) is 5.82. The zero-order valence-corrected chi connectivity index (χ0v) is 13.2. The molecule has 1 aromatic carbocycles. The van der Waals surface area contributed by atoms with E-state index in [1.807, 2.05) is 24.3 Å². The van der Waals surface area contributed by atoms with Gasteiger partial charge in [0.25, 0.3) is 0 Å². The van der Waals surface area contributed by atoms with Gasteiger partial charge in [0.15, 0.2) is 0 Å². The minimum Gasteiger partial charge on any atom is -0.335 e. The molecule has 4 nitrogen and oxygen atoms in total. The predicted molar refractivity (Wildman–Crippen MR) is 83.9 cm³/mol. The van der Waals surface area contributed by atoms with E-state index in [0.717, 1.165) is 23.0 Å². The second kappa shape index (κ2) is 5.74. The number of rotatable bonds is 2. The maximum absolute atomic E-state index is 12.0. The Morgan fingerprint density at radius 2 is 1.80 bits per heavy atom. The van der Waals surface area contributed by atoms with Gasteiger partial charge in [0.05, 0.1) is 0 Å². The number of nitrogens with one attached hydrogen (secondary N) is 2. The molecule has 2 heterocycles. The highest BCUT2D eigenvalue weighted by atomic mass is 79.9. The van der Waals surface area contributed by atoms with Gasteiger partial charge in [-0.1, -0.05) is 15.9 Å². The summed E-state index contributed by atoms with van der Waals surface area (Å²) in [6.07, 6.45) is 4.68. The lowest BCUT2D eigenvalue weighted by Crippen LogP contribution is -2.49. The van der Waals surface area contributed by atoms with Crippen molar-refractivity contribution in [1.29, 1.82) is 0 Å². The van der Waals surface area contributed by atoms with Crippen molar-refractivity contribution < 1.29 is 4.79 Å². The van der Waals surface area contributed by atoms with E-state index in [0.29, 0.717) is 18.1 Å². The van der Waals surface area contributed by atoms with Gasteiger partial charge in [-0.3, -0.25) is 0 Å². The Bertz CT molecular complexity index is 476. The number of hydrogen-bond acceptors (Lipinski definition) is 2. The Hall–Kier alpha value is -1.07. The number of urea groups is 1. The summed E-state index contributed by atoms with van der Waals surface area (Å²) >= 11 is 3.38. The highest BCUT2D eigenvalue weighted by Crippen LogP contribution is 2.34. The van der Waals surface area contributed by atoms with E-state index < -0.39 is 0 Å². The van der Waals surface area contributed by atoms with Crippen molar-refractivity contribution in [3.8, 4) is 0 Å². The lowest BCUT2D eigenvalue weighted by atomic mass is 9.98. The van der Waals surface area contributed by atoms with Crippen molar-refractivity contribution in [1.82, 2.24) is 10.2 Å². The SMILES string of the molecule is CN1[C@H]2CC[C@H]1CC(NC(=O)Nc1ccc(Br)cc1)C2. The average molecular weight is 338 g/mol. The molecule has 2 aliphatic rings. The molecule has 0 saturated carbocycles. The first-order valence-electron chi connectivity index (χ1n) is 7.17. The van der Waals surface area contributed by atoms with Crippen LogP contribution < -0.4 is 10.6 Å². The lowest BCUT2D eigenvalue weighted by Gasteiger charge is -2.36. The van der Waals surface area contributed by atoms with E-state index >= 15 is 0 Å². The first-order valence-corrected chi connectivity index (χ1v) is 7.96. The summed E-state index contributed by atoms with van der Waals surface area (Å²) in [4.78, 5) is 14.5. The summed E-state index contributed by atoms with van der Waals surface area (Å²) in [6.45, 7) is 0. The van der Waals surface area contributed by atoms with Gasteiger partial charge >= 0.3 is 6.03 Å². The number of carbonyl (C=O) groups excluding carboxylic acids is 1. The fourth-order valence-corrected chi connectivity index (χ4v) is 3.68. The number of benzene rings is 1. The Labute approximate surface area is 128 Å². The molecule has 0 unspecified atom stereocenters. The summed E-state index contributed by atoms with van der Waals surface area (Å²) < 4.78 is 1.01. The molecule has 0 aromatic heterocycles. The molecule has 0 radical (unpaired) electrons. The minimum absolute atomic E-state index is 0.0960. The maximum atomic E-state index is 12.0. The molecule has 108 valence electrons. The van der Waals surface area contributed by atoms with Crippen LogP contribution in [0.5, 0.6) is 0 Å². The largest absolute Gasteiger partial charge is 0.335 e. The molecule has 0 spiro atoms. The van der Waals surface area contributed by atoms with Crippen molar-refractivity contribution in [3.05, 3.63) is 28.7 Å². The number of carbonyl (C=O) groups is 1. The molecular weight excluding hydrogens is 318 g/mol. The van der Waals surface area contributed by atoms with Crippen LogP contribution in [-0.4, -0.2) is 36.1 Å². The van der Waals surface area contributed by atoms with Crippen molar-refractivity contribution in [2.24, 2.45) is 0 Å². The third-order valence-corrected chi connectivity index (χ3v) is 5.06. The minimum atomic E-state index is -0.0960. The van der Waals surface area contributed by atoms with E-state index in [-0.39, 0.29) is 6.03 Å². The monoisotopic (exact) mass is 337 g/mol. The lowest BCUT2D eigenvalue weighted by molar-refractivity contribution is 0.151. The highest BCUT2D eigenvalue weighted by Gasteiger charge is 2.38. The van der Waals surface area contributed by atoms with Crippen LogP contribution in [0.15, 0.2) is 28.7 Å². The number of anilines is 1. The Morgan fingerprint density at radius 3 is 2.40 bits per heavy atom. The summed E-state index contributed by atoms with van der Waals surface area (Å²) in [6, 6.07) is 9.12. The van der Waals surface area contributed by atoms with Gasteiger partial charge in [0.1, 0.15) is 0 Å². The highest BCUT2D eigenvalue weighted by molar-refractivity contribution is 9.10. The third-order valence-electron chi connectivity index (χ3n) is 4.54. The van der Waals surface area contributed by atoms with Crippen LogP contribution in [-0.2, 0) is 0 Å². The Balaban J connectivity index is 1.53. The Kier molecular flexibility index (Phi) is 3.98. The van der Waals surface area contributed by atoms with Crippen molar-refractivity contribution in [2.45, 2.75) is 43.8 Å². The average Bonchev–Trinajstić information content (AvgIpc) is 2.64. The number of halogens is 1. The van der Waals surface area contributed by atoms with E-state index in [4.69, 9.17) is 0 Å².